The molecule has 1 aromatic carbocycles. The first-order valence-electron chi connectivity index (χ1n) is 10.2. The highest BCUT2D eigenvalue weighted by atomic mass is 16.5. The molecular formula is C23H27N3O3. The second kappa shape index (κ2) is 8.23. The van der Waals surface area contributed by atoms with Gasteiger partial charge in [-0.1, -0.05) is 6.07 Å². The number of hydrogen-bond acceptors (Lipinski definition) is 4. The van der Waals surface area contributed by atoms with Crippen molar-refractivity contribution in [3.05, 3.63) is 53.9 Å². The second-order valence-corrected chi connectivity index (χ2v) is 8.02. The highest BCUT2D eigenvalue weighted by molar-refractivity contribution is 6.00. The lowest BCUT2D eigenvalue weighted by molar-refractivity contribution is -0.138. The SMILES string of the molecule is Cc1ccc(N2CC(C(=O)N3CCCC(Oc4ccncc4)C3)CC2=O)cc1C. The first kappa shape index (κ1) is 19.4. The van der Waals surface area contributed by atoms with Crippen molar-refractivity contribution >= 4 is 17.5 Å². The molecule has 0 spiro atoms. The van der Waals surface area contributed by atoms with Gasteiger partial charge in [0.05, 0.1) is 12.5 Å². The molecule has 6 heteroatoms. The third kappa shape index (κ3) is 4.26. The summed E-state index contributed by atoms with van der Waals surface area (Å²) >= 11 is 0. The van der Waals surface area contributed by atoms with Crippen molar-refractivity contribution in [2.24, 2.45) is 5.92 Å². The third-order valence-corrected chi connectivity index (χ3v) is 5.92. The molecule has 0 bridgehead atoms. The Morgan fingerprint density at radius 1 is 1.10 bits per heavy atom. The zero-order valence-corrected chi connectivity index (χ0v) is 17.0. The van der Waals surface area contributed by atoms with Crippen LogP contribution in [-0.2, 0) is 9.59 Å². The number of piperidine rings is 1. The number of benzene rings is 1. The van der Waals surface area contributed by atoms with E-state index in [1.54, 1.807) is 17.3 Å². The smallest absolute Gasteiger partial charge is 0.228 e. The molecule has 0 saturated carbocycles. The van der Waals surface area contributed by atoms with E-state index in [1.807, 2.05) is 42.2 Å². The first-order chi connectivity index (χ1) is 14.0. The van der Waals surface area contributed by atoms with Crippen molar-refractivity contribution in [1.82, 2.24) is 9.88 Å². The molecule has 3 heterocycles. The minimum absolute atomic E-state index is 0.0215. The lowest BCUT2D eigenvalue weighted by Gasteiger charge is -2.34. The van der Waals surface area contributed by atoms with Crippen LogP contribution >= 0.6 is 0 Å². The van der Waals surface area contributed by atoms with Crippen LogP contribution in [0.15, 0.2) is 42.7 Å². The van der Waals surface area contributed by atoms with Crippen LogP contribution in [0.1, 0.15) is 30.4 Å². The Kier molecular flexibility index (Phi) is 5.51. The number of ether oxygens (including phenoxy) is 1. The maximum absolute atomic E-state index is 13.1. The largest absolute Gasteiger partial charge is 0.488 e. The molecule has 6 nitrogen and oxygen atoms in total. The molecule has 2 saturated heterocycles. The van der Waals surface area contributed by atoms with Gasteiger partial charge in [0.15, 0.2) is 0 Å². The highest BCUT2D eigenvalue weighted by Crippen LogP contribution is 2.29. The molecule has 2 amide bonds. The Labute approximate surface area is 171 Å². The normalized spacial score (nSPS) is 22.1. The van der Waals surface area contributed by atoms with Gasteiger partial charge in [-0.2, -0.15) is 0 Å². The summed E-state index contributed by atoms with van der Waals surface area (Å²) in [7, 11) is 0. The van der Waals surface area contributed by atoms with Gasteiger partial charge < -0.3 is 14.5 Å². The van der Waals surface area contributed by atoms with Gasteiger partial charge in [-0.25, -0.2) is 0 Å². The number of aromatic nitrogens is 1. The molecule has 2 aliphatic heterocycles. The van der Waals surface area contributed by atoms with Crippen molar-refractivity contribution in [1.29, 1.82) is 0 Å². The molecule has 0 radical (unpaired) electrons. The number of hydrogen-bond donors (Lipinski definition) is 0. The number of carbonyl (C=O) groups is 2. The van der Waals surface area contributed by atoms with E-state index in [4.69, 9.17) is 4.74 Å². The number of aryl methyl sites for hydroxylation is 2. The van der Waals surface area contributed by atoms with Gasteiger partial charge in [0.2, 0.25) is 11.8 Å². The van der Waals surface area contributed by atoms with E-state index in [2.05, 4.69) is 11.9 Å². The maximum Gasteiger partial charge on any atom is 0.228 e. The van der Waals surface area contributed by atoms with Crippen LogP contribution in [-0.4, -0.2) is 47.4 Å². The predicted molar refractivity (Wildman–Crippen MR) is 111 cm³/mol. The highest BCUT2D eigenvalue weighted by Gasteiger charge is 2.38. The zero-order valence-electron chi connectivity index (χ0n) is 17.0. The molecule has 29 heavy (non-hydrogen) atoms. The molecule has 2 atom stereocenters. The van der Waals surface area contributed by atoms with Crippen molar-refractivity contribution in [3.63, 3.8) is 0 Å². The third-order valence-electron chi connectivity index (χ3n) is 5.92. The van der Waals surface area contributed by atoms with Crippen LogP contribution in [0, 0.1) is 19.8 Å². The first-order valence-corrected chi connectivity index (χ1v) is 10.2. The Hall–Kier alpha value is -2.89. The van der Waals surface area contributed by atoms with Crippen molar-refractivity contribution in [2.45, 2.75) is 39.2 Å². The topological polar surface area (TPSA) is 62.7 Å². The van der Waals surface area contributed by atoms with Gasteiger partial charge in [-0.15, -0.1) is 0 Å². The van der Waals surface area contributed by atoms with Gasteiger partial charge in [-0.05, 0) is 62.1 Å². The summed E-state index contributed by atoms with van der Waals surface area (Å²) in [5, 5.41) is 0. The summed E-state index contributed by atoms with van der Waals surface area (Å²) < 4.78 is 6.02. The number of nitrogens with zero attached hydrogens (tertiary/aromatic N) is 3. The van der Waals surface area contributed by atoms with Gasteiger partial charge in [0.1, 0.15) is 11.9 Å². The molecule has 152 valence electrons. The number of likely N-dealkylation sites (tertiary alicyclic amines) is 1. The van der Waals surface area contributed by atoms with E-state index in [0.29, 0.717) is 13.1 Å². The Balaban J connectivity index is 1.40. The van der Waals surface area contributed by atoms with Gasteiger partial charge >= 0.3 is 0 Å². The number of amides is 2. The summed E-state index contributed by atoms with van der Waals surface area (Å²) in [5.74, 6) is 0.570. The number of pyridine rings is 1. The average molecular weight is 393 g/mol. The monoisotopic (exact) mass is 393 g/mol. The summed E-state index contributed by atoms with van der Waals surface area (Å²) in [6.45, 7) is 5.84. The van der Waals surface area contributed by atoms with Gasteiger partial charge in [-0.3, -0.25) is 14.6 Å². The number of anilines is 1. The lowest BCUT2D eigenvalue weighted by atomic mass is 10.0. The van der Waals surface area contributed by atoms with Crippen molar-refractivity contribution < 1.29 is 14.3 Å². The van der Waals surface area contributed by atoms with Gasteiger partial charge in [0, 0.05) is 37.6 Å². The molecule has 2 aromatic rings. The Bertz CT molecular complexity index is 899. The summed E-state index contributed by atoms with van der Waals surface area (Å²) in [6, 6.07) is 9.68. The molecule has 0 aliphatic carbocycles. The van der Waals surface area contributed by atoms with Crippen molar-refractivity contribution in [2.75, 3.05) is 24.5 Å². The second-order valence-electron chi connectivity index (χ2n) is 8.02. The van der Waals surface area contributed by atoms with Crippen LogP contribution in [0.2, 0.25) is 0 Å². The van der Waals surface area contributed by atoms with Crippen LogP contribution < -0.4 is 9.64 Å². The fourth-order valence-electron chi connectivity index (χ4n) is 4.12. The average Bonchev–Trinajstić information content (AvgIpc) is 3.12. The minimum Gasteiger partial charge on any atom is -0.488 e. The predicted octanol–water partition coefficient (Wildman–Crippen LogP) is 3.12. The number of carbonyl (C=O) groups excluding carboxylic acids is 2. The van der Waals surface area contributed by atoms with E-state index in [1.165, 1.54) is 5.56 Å². The standard InChI is InChI=1S/C23H27N3O3/c1-16-5-6-19(12-17(16)2)26-14-18(13-22(26)27)23(28)25-11-3-4-21(15-25)29-20-7-9-24-10-8-20/h5-10,12,18,21H,3-4,11,13-15H2,1-2H3. The summed E-state index contributed by atoms with van der Waals surface area (Å²) in [5.41, 5.74) is 3.23. The molecular weight excluding hydrogens is 366 g/mol. The fourth-order valence-corrected chi connectivity index (χ4v) is 4.12. The fraction of sp³-hybridized carbons (Fsp3) is 0.435. The van der Waals surface area contributed by atoms with E-state index >= 15 is 0 Å². The van der Waals surface area contributed by atoms with Crippen LogP contribution in [0.4, 0.5) is 5.69 Å². The Morgan fingerprint density at radius 3 is 2.66 bits per heavy atom. The summed E-state index contributed by atoms with van der Waals surface area (Å²) in [4.78, 5) is 33.4. The molecule has 2 aliphatic rings. The quantitative estimate of drug-likeness (QED) is 0.801. The van der Waals surface area contributed by atoms with Crippen LogP contribution in [0.5, 0.6) is 5.75 Å². The van der Waals surface area contributed by atoms with E-state index in [0.717, 1.165) is 36.4 Å². The van der Waals surface area contributed by atoms with E-state index in [9.17, 15) is 9.59 Å². The molecule has 4 rings (SSSR count). The zero-order chi connectivity index (χ0) is 20.4. The minimum atomic E-state index is -0.288. The van der Waals surface area contributed by atoms with E-state index < -0.39 is 0 Å². The maximum atomic E-state index is 13.1. The molecule has 0 N–H and O–H groups in total. The van der Waals surface area contributed by atoms with Crippen LogP contribution in [0.25, 0.3) is 0 Å². The number of rotatable bonds is 4. The molecule has 2 fully saturated rings. The van der Waals surface area contributed by atoms with Crippen molar-refractivity contribution in [3.8, 4) is 5.75 Å². The summed E-state index contributed by atoms with van der Waals surface area (Å²) in [6.07, 6.45) is 5.48. The molecule has 1 aromatic heterocycles. The van der Waals surface area contributed by atoms with Gasteiger partial charge in [0.25, 0.3) is 0 Å². The molecule has 2 unspecified atom stereocenters. The lowest BCUT2D eigenvalue weighted by Crippen LogP contribution is -2.47. The van der Waals surface area contributed by atoms with Crippen LogP contribution in [0.3, 0.4) is 0 Å². The van der Waals surface area contributed by atoms with E-state index in [-0.39, 0.29) is 30.3 Å². The Morgan fingerprint density at radius 2 is 1.90 bits per heavy atom.